The number of amides is 1. The number of anilines is 1. The van der Waals surface area contributed by atoms with Crippen molar-refractivity contribution in [1.29, 1.82) is 0 Å². The van der Waals surface area contributed by atoms with E-state index in [1.54, 1.807) is 18.2 Å². The molecule has 1 amide bonds. The molecule has 2 aliphatic rings. The van der Waals surface area contributed by atoms with Crippen LogP contribution in [0.2, 0.25) is 0 Å². The average molecular weight is 415 g/mol. The predicted octanol–water partition coefficient (Wildman–Crippen LogP) is 2.66. The van der Waals surface area contributed by atoms with E-state index in [1.165, 1.54) is 6.07 Å². The minimum absolute atomic E-state index is 0.0848. The molecular formula is C20H21N3O5S. The number of sulfonamides is 1. The van der Waals surface area contributed by atoms with Gasteiger partial charge in [-0.1, -0.05) is 25.1 Å². The average Bonchev–Trinajstić information content (AvgIpc) is 3.13. The fourth-order valence-corrected chi connectivity index (χ4v) is 4.45. The van der Waals surface area contributed by atoms with Gasteiger partial charge in [-0.25, -0.2) is 0 Å². The van der Waals surface area contributed by atoms with Crippen LogP contribution in [-0.2, 0) is 21.4 Å². The Kier molecular flexibility index (Phi) is 5.14. The summed E-state index contributed by atoms with van der Waals surface area (Å²) in [7, 11) is -3.71. The number of ether oxygens (including phenoxy) is 2. The number of para-hydroxylation sites is 1. The summed E-state index contributed by atoms with van der Waals surface area (Å²) in [5.74, 6) is 1.52. The molecule has 0 spiro atoms. The zero-order valence-corrected chi connectivity index (χ0v) is 16.7. The molecule has 2 aromatic carbocycles. The number of benzene rings is 2. The maximum Gasteiger partial charge on any atom is 0.286 e. The van der Waals surface area contributed by atoms with Crippen molar-refractivity contribution in [3.05, 3.63) is 48.0 Å². The van der Waals surface area contributed by atoms with Crippen molar-refractivity contribution in [3.8, 4) is 11.5 Å². The lowest BCUT2D eigenvalue weighted by atomic mass is 10.0. The maximum atomic E-state index is 12.3. The van der Waals surface area contributed by atoms with Gasteiger partial charge in [0.05, 0.1) is 5.69 Å². The highest BCUT2D eigenvalue weighted by molar-refractivity contribution is 7.90. The van der Waals surface area contributed by atoms with Gasteiger partial charge < -0.3 is 20.1 Å². The Morgan fingerprint density at radius 2 is 2.00 bits per heavy atom. The van der Waals surface area contributed by atoms with Crippen molar-refractivity contribution in [2.75, 3.05) is 12.1 Å². The van der Waals surface area contributed by atoms with E-state index in [1.807, 2.05) is 25.1 Å². The van der Waals surface area contributed by atoms with E-state index in [4.69, 9.17) is 9.47 Å². The summed E-state index contributed by atoms with van der Waals surface area (Å²) in [5, 5.41) is 5.93. The number of carbonyl (C=O) groups excluding carboxylic acids is 1. The molecule has 2 aromatic rings. The van der Waals surface area contributed by atoms with Crippen LogP contribution in [0.5, 0.6) is 11.5 Å². The first-order valence-corrected chi connectivity index (χ1v) is 10.7. The van der Waals surface area contributed by atoms with Crippen molar-refractivity contribution >= 4 is 27.5 Å². The topological polar surface area (TPSA) is 106 Å². The van der Waals surface area contributed by atoms with Crippen LogP contribution >= 0.6 is 0 Å². The summed E-state index contributed by atoms with van der Waals surface area (Å²) in [6.45, 7) is 2.47. The van der Waals surface area contributed by atoms with Crippen molar-refractivity contribution in [2.24, 2.45) is 10.3 Å². The number of amidine groups is 1. The molecule has 2 heterocycles. The van der Waals surface area contributed by atoms with Gasteiger partial charge in [0.15, 0.2) is 11.5 Å². The lowest BCUT2D eigenvalue weighted by Gasteiger charge is -2.20. The third-order valence-corrected chi connectivity index (χ3v) is 6.05. The third-order valence-electron chi connectivity index (χ3n) is 4.68. The van der Waals surface area contributed by atoms with E-state index >= 15 is 0 Å². The highest BCUT2D eigenvalue weighted by Gasteiger charge is 2.25. The van der Waals surface area contributed by atoms with Gasteiger partial charge in [0, 0.05) is 19.4 Å². The predicted molar refractivity (Wildman–Crippen MR) is 107 cm³/mol. The highest BCUT2D eigenvalue weighted by atomic mass is 32.2. The fourth-order valence-electron chi connectivity index (χ4n) is 3.30. The summed E-state index contributed by atoms with van der Waals surface area (Å²) in [6, 6.07) is 12.2. The molecule has 4 rings (SSSR count). The molecule has 9 heteroatoms. The Labute approximate surface area is 169 Å². The summed E-state index contributed by atoms with van der Waals surface area (Å²) < 4.78 is 39.1. The minimum atomic E-state index is -3.71. The number of carbonyl (C=O) groups is 1. The largest absolute Gasteiger partial charge is 0.454 e. The van der Waals surface area contributed by atoms with Crippen molar-refractivity contribution in [1.82, 2.24) is 5.32 Å². The molecule has 0 radical (unpaired) electrons. The Morgan fingerprint density at radius 1 is 1.21 bits per heavy atom. The van der Waals surface area contributed by atoms with E-state index in [9.17, 15) is 13.2 Å². The number of fused-ring (bicyclic) bond motifs is 2. The van der Waals surface area contributed by atoms with Crippen LogP contribution in [0.1, 0.15) is 25.3 Å². The van der Waals surface area contributed by atoms with Crippen molar-refractivity contribution in [2.45, 2.75) is 31.2 Å². The van der Waals surface area contributed by atoms with Crippen LogP contribution in [-0.4, -0.2) is 27.0 Å². The monoisotopic (exact) mass is 415 g/mol. The van der Waals surface area contributed by atoms with Crippen LogP contribution < -0.4 is 20.1 Å². The van der Waals surface area contributed by atoms with Crippen molar-refractivity contribution in [3.63, 3.8) is 0 Å². The van der Waals surface area contributed by atoms with E-state index in [0.717, 1.165) is 5.56 Å². The number of hydrogen-bond donors (Lipinski definition) is 2. The standard InChI is InChI=1S/C20H21N3O5S/c1-13(8-19-22-15-4-2-3-5-18(15)29(25,26)23-19)9-20(24)21-11-14-6-7-16-17(10-14)28-12-27-16/h2-7,10,13H,8-9,11-12H2,1H3,(H,21,24)(H,22,23). The summed E-state index contributed by atoms with van der Waals surface area (Å²) >= 11 is 0. The molecule has 2 aliphatic heterocycles. The van der Waals surface area contributed by atoms with Gasteiger partial charge in [-0.3, -0.25) is 4.79 Å². The van der Waals surface area contributed by atoms with Gasteiger partial charge in [-0.2, -0.15) is 8.42 Å². The SMILES string of the molecule is CC(CC(=O)NCc1ccc2c(c1)OCO2)CC1=NS(=O)(=O)c2ccccc2N1. The smallest absolute Gasteiger partial charge is 0.286 e. The molecule has 0 saturated carbocycles. The number of hydrogen-bond acceptors (Lipinski definition) is 6. The third kappa shape index (κ3) is 4.34. The highest BCUT2D eigenvalue weighted by Crippen LogP contribution is 2.32. The first-order valence-electron chi connectivity index (χ1n) is 9.26. The van der Waals surface area contributed by atoms with Gasteiger partial charge in [0.1, 0.15) is 10.7 Å². The minimum Gasteiger partial charge on any atom is -0.454 e. The Balaban J connectivity index is 1.31. The first-order chi connectivity index (χ1) is 13.9. The fraction of sp³-hybridized carbons (Fsp3) is 0.300. The summed E-state index contributed by atoms with van der Waals surface area (Å²) in [6.07, 6.45) is 0.609. The van der Waals surface area contributed by atoms with Gasteiger partial charge in [0.2, 0.25) is 12.7 Å². The second kappa shape index (κ2) is 7.75. The number of nitrogens with zero attached hydrogens (tertiary/aromatic N) is 1. The van der Waals surface area contributed by atoms with Crippen LogP contribution in [0, 0.1) is 5.92 Å². The van der Waals surface area contributed by atoms with Crippen molar-refractivity contribution < 1.29 is 22.7 Å². The van der Waals surface area contributed by atoms with Crippen LogP contribution in [0.4, 0.5) is 5.69 Å². The molecule has 1 atom stereocenters. The molecular weight excluding hydrogens is 394 g/mol. The van der Waals surface area contributed by atoms with Gasteiger partial charge in [-0.15, -0.1) is 4.40 Å². The molecule has 0 saturated heterocycles. The molecule has 0 aromatic heterocycles. The molecule has 0 bridgehead atoms. The lowest BCUT2D eigenvalue weighted by molar-refractivity contribution is -0.122. The molecule has 1 unspecified atom stereocenters. The van der Waals surface area contributed by atoms with Crippen LogP contribution in [0.3, 0.4) is 0 Å². The maximum absolute atomic E-state index is 12.3. The number of nitrogens with one attached hydrogen (secondary N) is 2. The Morgan fingerprint density at radius 3 is 2.86 bits per heavy atom. The Hall–Kier alpha value is -3.07. The van der Waals surface area contributed by atoms with Gasteiger partial charge in [-0.05, 0) is 35.7 Å². The second-order valence-electron chi connectivity index (χ2n) is 7.11. The molecule has 152 valence electrons. The number of rotatable bonds is 6. The molecule has 2 N–H and O–H groups in total. The van der Waals surface area contributed by atoms with Crippen LogP contribution in [0.25, 0.3) is 0 Å². The van der Waals surface area contributed by atoms with Crippen LogP contribution in [0.15, 0.2) is 51.8 Å². The molecule has 8 nitrogen and oxygen atoms in total. The van der Waals surface area contributed by atoms with Gasteiger partial charge in [0.25, 0.3) is 10.0 Å². The normalized spacial score (nSPS) is 16.9. The van der Waals surface area contributed by atoms with E-state index < -0.39 is 10.0 Å². The molecule has 29 heavy (non-hydrogen) atoms. The van der Waals surface area contributed by atoms with E-state index in [-0.39, 0.29) is 29.9 Å². The summed E-state index contributed by atoms with van der Waals surface area (Å²) in [5.41, 5.74) is 1.42. The van der Waals surface area contributed by atoms with Gasteiger partial charge >= 0.3 is 0 Å². The molecule has 0 aliphatic carbocycles. The zero-order chi connectivity index (χ0) is 20.4. The van der Waals surface area contributed by atoms with E-state index in [0.29, 0.717) is 36.0 Å². The Bertz CT molecular complexity index is 1080. The summed E-state index contributed by atoms with van der Waals surface area (Å²) in [4.78, 5) is 12.4. The first kappa shape index (κ1) is 19.3. The second-order valence-corrected chi connectivity index (χ2v) is 8.68. The zero-order valence-electron chi connectivity index (χ0n) is 15.8. The van der Waals surface area contributed by atoms with E-state index in [2.05, 4.69) is 15.0 Å². The quantitative estimate of drug-likeness (QED) is 0.751. The molecule has 0 fully saturated rings. The lowest BCUT2D eigenvalue weighted by Crippen LogP contribution is -2.27.